The number of esters is 1. The second-order valence-corrected chi connectivity index (χ2v) is 10.9. The molecule has 92 valence electrons. The third-order valence-electron chi connectivity index (χ3n) is 4.59. The lowest BCUT2D eigenvalue weighted by atomic mass is 10.3. The molecule has 1 heterocycles. The first kappa shape index (κ1) is 12.1. The molecule has 2 aliphatic rings. The van der Waals surface area contributed by atoms with Crippen LogP contribution in [0.1, 0.15) is 34.1 Å². The minimum atomic E-state index is -2.03. The van der Waals surface area contributed by atoms with E-state index in [0.29, 0.717) is 17.0 Å². The highest BCUT2D eigenvalue weighted by molar-refractivity contribution is 6.84. The van der Waals surface area contributed by atoms with E-state index in [2.05, 4.69) is 27.7 Å². The standard InChI is InChI=1S/C12H22O3Si/c1-8(2)16(9(3)4)12(11(13)14-5)6-10(12)7-15-16/h8-10H,6-7H2,1-5H3. The van der Waals surface area contributed by atoms with Gasteiger partial charge in [0.15, 0.2) is 0 Å². The van der Waals surface area contributed by atoms with Crippen molar-refractivity contribution in [3.63, 3.8) is 0 Å². The molecule has 2 unspecified atom stereocenters. The fourth-order valence-corrected chi connectivity index (χ4v) is 10.5. The second-order valence-electron chi connectivity index (χ2n) is 5.78. The number of methoxy groups -OCH3 is 1. The number of carbonyl (C=O) groups is 1. The molecular weight excluding hydrogens is 220 g/mol. The molecule has 1 aliphatic carbocycles. The van der Waals surface area contributed by atoms with Gasteiger partial charge in [0.05, 0.1) is 12.1 Å². The quantitative estimate of drug-likeness (QED) is 0.564. The number of rotatable bonds is 3. The van der Waals surface area contributed by atoms with Gasteiger partial charge in [0.1, 0.15) is 0 Å². The van der Waals surface area contributed by atoms with Crippen molar-refractivity contribution in [2.75, 3.05) is 13.7 Å². The van der Waals surface area contributed by atoms with Gasteiger partial charge in [-0.25, -0.2) is 0 Å². The maximum atomic E-state index is 12.1. The van der Waals surface area contributed by atoms with E-state index in [1.54, 1.807) is 0 Å². The van der Waals surface area contributed by atoms with Crippen LogP contribution in [0.25, 0.3) is 0 Å². The molecule has 3 nitrogen and oxygen atoms in total. The molecule has 2 fully saturated rings. The monoisotopic (exact) mass is 242 g/mol. The zero-order valence-electron chi connectivity index (χ0n) is 10.9. The summed E-state index contributed by atoms with van der Waals surface area (Å²) in [5, 5.41) is -0.218. The van der Waals surface area contributed by atoms with Gasteiger partial charge in [-0.05, 0) is 23.4 Å². The normalized spacial score (nSPS) is 35.3. The first-order valence-corrected chi connectivity index (χ1v) is 8.22. The van der Waals surface area contributed by atoms with Gasteiger partial charge >= 0.3 is 5.97 Å². The summed E-state index contributed by atoms with van der Waals surface area (Å²) in [7, 11) is -0.521. The number of hydrogen-bond donors (Lipinski definition) is 0. The lowest BCUT2D eigenvalue weighted by molar-refractivity contribution is -0.142. The van der Waals surface area contributed by atoms with Crippen molar-refractivity contribution in [2.24, 2.45) is 5.92 Å². The summed E-state index contributed by atoms with van der Waals surface area (Å²) in [6.07, 6.45) is 1.00. The molecule has 0 amide bonds. The van der Waals surface area contributed by atoms with Crippen molar-refractivity contribution in [1.29, 1.82) is 0 Å². The zero-order chi connectivity index (χ0) is 12.1. The van der Waals surface area contributed by atoms with Gasteiger partial charge in [0, 0.05) is 6.61 Å². The van der Waals surface area contributed by atoms with E-state index in [1.165, 1.54) is 7.11 Å². The average molecular weight is 242 g/mol. The van der Waals surface area contributed by atoms with Crippen LogP contribution in [0.5, 0.6) is 0 Å². The number of hydrogen-bond acceptors (Lipinski definition) is 3. The van der Waals surface area contributed by atoms with Crippen molar-refractivity contribution in [2.45, 2.75) is 50.2 Å². The van der Waals surface area contributed by atoms with Gasteiger partial charge < -0.3 is 9.16 Å². The SMILES string of the molecule is COC(=O)C12CC1CO[Si]2(C(C)C)C(C)C. The molecule has 0 aromatic rings. The van der Waals surface area contributed by atoms with Gasteiger partial charge in [-0.2, -0.15) is 0 Å². The van der Waals surface area contributed by atoms with Gasteiger partial charge in [-0.15, -0.1) is 0 Å². The Morgan fingerprint density at radius 2 is 1.94 bits per heavy atom. The molecule has 1 saturated carbocycles. The number of carbonyl (C=O) groups excluding carboxylic acids is 1. The van der Waals surface area contributed by atoms with E-state index in [9.17, 15) is 4.79 Å². The Hall–Kier alpha value is -0.353. The number of fused-ring (bicyclic) bond motifs is 1. The van der Waals surface area contributed by atoms with Crippen LogP contribution in [0.4, 0.5) is 0 Å². The fourth-order valence-electron chi connectivity index (χ4n) is 4.00. The summed E-state index contributed by atoms with van der Waals surface area (Å²) < 4.78 is 11.2. The Bertz CT molecular complexity index is 305. The molecular formula is C12H22O3Si. The van der Waals surface area contributed by atoms with Crippen LogP contribution >= 0.6 is 0 Å². The minimum Gasteiger partial charge on any atom is -0.469 e. The van der Waals surface area contributed by atoms with Crippen LogP contribution < -0.4 is 0 Å². The maximum absolute atomic E-state index is 12.1. The first-order valence-electron chi connectivity index (χ1n) is 6.15. The largest absolute Gasteiger partial charge is 0.469 e. The summed E-state index contributed by atoms with van der Waals surface area (Å²) in [6, 6.07) is 0. The molecule has 0 spiro atoms. The van der Waals surface area contributed by atoms with Crippen LogP contribution in [-0.2, 0) is 14.0 Å². The maximum Gasteiger partial charge on any atom is 0.311 e. The predicted molar refractivity (Wildman–Crippen MR) is 64.7 cm³/mol. The molecule has 1 aliphatic heterocycles. The van der Waals surface area contributed by atoms with E-state index < -0.39 is 8.32 Å². The molecule has 0 aromatic carbocycles. The second kappa shape index (κ2) is 3.57. The summed E-state index contributed by atoms with van der Waals surface area (Å²) in [5.41, 5.74) is 0.943. The van der Waals surface area contributed by atoms with Crippen molar-refractivity contribution in [1.82, 2.24) is 0 Å². The fraction of sp³-hybridized carbons (Fsp3) is 0.917. The van der Waals surface area contributed by atoms with Gasteiger partial charge in [-0.3, -0.25) is 4.79 Å². The molecule has 16 heavy (non-hydrogen) atoms. The lowest BCUT2D eigenvalue weighted by Gasteiger charge is -2.40. The molecule has 0 aromatic heterocycles. The zero-order valence-corrected chi connectivity index (χ0v) is 11.9. The summed E-state index contributed by atoms with van der Waals surface area (Å²) >= 11 is 0. The third-order valence-corrected chi connectivity index (χ3v) is 10.9. The molecule has 1 saturated heterocycles. The molecule has 4 heteroatoms. The first-order chi connectivity index (χ1) is 7.43. The van der Waals surface area contributed by atoms with Crippen molar-refractivity contribution < 1.29 is 14.0 Å². The lowest BCUT2D eigenvalue weighted by Crippen LogP contribution is -2.51. The van der Waals surface area contributed by atoms with Crippen LogP contribution in [-0.4, -0.2) is 28.0 Å². The van der Waals surface area contributed by atoms with E-state index in [4.69, 9.17) is 9.16 Å². The van der Waals surface area contributed by atoms with Crippen molar-refractivity contribution in [3.8, 4) is 0 Å². The van der Waals surface area contributed by atoms with Crippen LogP contribution in [0.15, 0.2) is 0 Å². The highest BCUT2D eigenvalue weighted by Crippen LogP contribution is 2.75. The molecule has 0 radical (unpaired) electrons. The van der Waals surface area contributed by atoms with E-state index in [1.807, 2.05) is 0 Å². The van der Waals surface area contributed by atoms with E-state index >= 15 is 0 Å². The van der Waals surface area contributed by atoms with Crippen LogP contribution in [0, 0.1) is 5.92 Å². The third kappa shape index (κ3) is 1.15. The summed E-state index contributed by atoms with van der Waals surface area (Å²) in [5.74, 6) is 0.431. The van der Waals surface area contributed by atoms with Gasteiger partial charge in [0.25, 0.3) is 0 Å². The summed E-state index contributed by atoms with van der Waals surface area (Å²) in [4.78, 5) is 12.1. The average Bonchev–Trinajstić information content (AvgIpc) is 2.86. The number of ether oxygens (including phenoxy) is 1. The van der Waals surface area contributed by atoms with Crippen molar-refractivity contribution >= 4 is 14.3 Å². The van der Waals surface area contributed by atoms with Gasteiger partial charge in [-0.1, -0.05) is 27.7 Å². The highest BCUT2D eigenvalue weighted by atomic mass is 28.4. The Kier molecular flexibility index (Phi) is 2.70. The Morgan fingerprint density at radius 3 is 2.31 bits per heavy atom. The van der Waals surface area contributed by atoms with Crippen LogP contribution in [0.2, 0.25) is 16.1 Å². The molecule has 0 N–H and O–H groups in total. The Labute approximate surface area is 98.6 Å². The predicted octanol–water partition coefficient (Wildman–Crippen LogP) is 2.72. The molecule has 2 rings (SSSR count). The van der Waals surface area contributed by atoms with Crippen LogP contribution in [0.3, 0.4) is 0 Å². The topological polar surface area (TPSA) is 35.5 Å². The Morgan fingerprint density at radius 1 is 1.38 bits per heavy atom. The summed E-state index contributed by atoms with van der Waals surface area (Å²) in [6.45, 7) is 9.60. The minimum absolute atomic E-state index is 0.0101. The molecule has 2 atom stereocenters. The van der Waals surface area contributed by atoms with Gasteiger partial charge in [0.2, 0.25) is 8.32 Å². The van der Waals surface area contributed by atoms with E-state index in [-0.39, 0.29) is 11.0 Å². The van der Waals surface area contributed by atoms with E-state index in [0.717, 1.165) is 13.0 Å². The molecule has 0 bridgehead atoms. The highest BCUT2D eigenvalue weighted by Gasteiger charge is 2.80. The smallest absolute Gasteiger partial charge is 0.311 e. The van der Waals surface area contributed by atoms with Crippen molar-refractivity contribution in [3.05, 3.63) is 0 Å². The Balaban J connectivity index is 2.43.